The van der Waals surface area contributed by atoms with Gasteiger partial charge in [0.1, 0.15) is 11.2 Å². The third-order valence-corrected chi connectivity index (χ3v) is 7.20. The number of rotatable bonds is 5. The van der Waals surface area contributed by atoms with E-state index in [2.05, 4.69) is 26.7 Å². The van der Waals surface area contributed by atoms with Gasteiger partial charge in [0.05, 0.1) is 13.2 Å². The van der Waals surface area contributed by atoms with Crippen molar-refractivity contribution >= 4 is 29.0 Å². The molecule has 0 atom stereocenters. The molecule has 10 nitrogen and oxygen atoms in total. The van der Waals surface area contributed by atoms with Crippen molar-refractivity contribution in [1.29, 1.82) is 5.41 Å². The molecule has 1 saturated carbocycles. The number of carbonyl (C=O) groups is 1. The normalized spacial score (nSPS) is 20.4. The highest BCUT2D eigenvalue weighted by Crippen LogP contribution is 2.35. The summed E-state index contributed by atoms with van der Waals surface area (Å²) in [5.74, 6) is 1.77. The van der Waals surface area contributed by atoms with Crippen LogP contribution in [0.5, 0.6) is 0 Å². The zero-order valence-electron chi connectivity index (χ0n) is 20.8. The summed E-state index contributed by atoms with van der Waals surface area (Å²) in [6.45, 7) is 7.92. The molecule has 10 heteroatoms. The number of nitrogens with zero attached hydrogens (tertiary/aromatic N) is 5. The fraction of sp³-hybridized carbons (Fsp3) is 0.500. The average Bonchev–Trinajstić information content (AvgIpc) is 3.23. The van der Waals surface area contributed by atoms with Crippen molar-refractivity contribution in [3.05, 3.63) is 35.7 Å². The molecular weight excluding hydrogens is 458 g/mol. The number of carboxylic acid groups (broad SMARTS) is 1. The fourth-order valence-corrected chi connectivity index (χ4v) is 5.24. The second kappa shape index (κ2) is 10.2. The van der Waals surface area contributed by atoms with E-state index >= 15 is 0 Å². The number of morpholine rings is 1. The lowest BCUT2D eigenvalue weighted by atomic mass is 9.83. The zero-order valence-corrected chi connectivity index (χ0v) is 20.8. The van der Waals surface area contributed by atoms with Crippen LogP contribution in [-0.4, -0.2) is 62.9 Å². The van der Waals surface area contributed by atoms with Crippen LogP contribution in [0, 0.1) is 24.2 Å². The second-order valence-corrected chi connectivity index (χ2v) is 9.99. The SMILES string of the molecule is Cc1cccc(-c2nc(C(=N)NC(=O)O)nc3nc(N4CCOCC4)n(CC4CCC(C)CC4)c23)c1. The van der Waals surface area contributed by atoms with Gasteiger partial charge in [0.15, 0.2) is 17.3 Å². The summed E-state index contributed by atoms with van der Waals surface area (Å²) in [4.78, 5) is 27.7. The monoisotopic (exact) mass is 491 g/mol. The van der Waals surface area contributed by atoms with Gasteiger partial charge in [0.2, 0.25) is 5.95 Å². The van der Waals surface area contributed by atoms with Crippen LogP contribution in [0.2, 0.25) is 0 Å². The quantitative estimate of drug-likeness (QED) is 0.363. The number of amides is 1. The van der Waals surface area contributed by atoms with Crippen LogP contribution in [0.4, 0.5) is 10.7 Å². The summed E-state index contributed by atoms with van der Waals surface area (Å²) < 4.78 is 7.85. The van der Waals surface area contributed by atoms with Gasteiger partial charge in [0.25, 0.3) is 0 Å². The van der Waals surface area contributed by atoms with Crippen LogP contribution < -0.4 is 10.2 Å². The molecule has 1 saturated heterocycles. The van der Waals surface area contributed by atoms with E-state index < -0.39 is 6.09 Å². The van der Waals surface area contributed by atoms with E-state index in [0.29, 0.717) is 30.5 Å². The molecule has 1 aliphatic carbocycles. The molecule has 2 fully saturated rings. The van der Waals surface area contributed by atoms with E-state index in [4.69, 9.17) is 25.2 Å². The smallest absolute Gasteiger partial charge is 0.410 e. The second-order valence-electron chi connectivity index (χ2n) is 9.99. The number of ether oxygens (including phenoxy) is 1. The maximum Gasteiger partial charge on any atom is 0.410 e. The Bertz CT molecular complexity index is 1270. The first-order chi connectivity index (χ1) is 17.4. The minimum atomic E-state index is -1.33. The zero-order chi connectivity index (χ0) is 25.2. The number of benzene rings is 1. The van der Waals surface area contributed by atoms with Crippen LogP contribution in [0.3, 0.4) is 0 Å². The summed E-state index contributed by atoms with van der Waals surface area (Å²) >= 11 is 0. The molecule has 3 aromatic rings. The Morgan fingerprint density at radius 3 is 2.61 bits per heavy atom. The Hall–Kier alpha value is -3.53. The van der Waals surface area contributed by atoms with Crippen LogP contribution >= 0.6 is 0 Å². The van der Waals surface area contributed by atoms with Gasteiger partial charge in [-0.1, -0.05) is 43.5 Å². The molecule has 1 amide bonds. The largest absolute Gasteiger partial charge is 0.465 e. The lowest BCUT2D eigenvalue weighted by Crippen LogP contribution is -2.38. The molecule has 0 radical (unpaired) electrons. The number of fused-ring (bicyclic) bond motifs is 1. The molecule has 190 valence electrons. The molecule has 2 aliphatic rings. The minimum absolute atomic E-state index is 0.00562. The highest BCUT2D eigenvalue weighted by atomic mass is 16.5. The van der Waals surface area contributed by atoms with Crippen LogP contribution in [0.25, 0.3) is 22.4 Å². The molecule has 36 heavy (non-hydrogen) atoms. The predicted molar refractivity (Wildman–Crippen MR) is 138 cm³/mol. The predicted octanol–water partition coefficient (Wildman–Crippen LogP) is 4.06. The van der Waals surface area contributed by atoms with Gasteiger partial charge in [0, 0.05) is 25.2 Å². The van der Waals surface area contributed by atoms with E-state index in [1.54, 1.807) is 0 Å². The molecule has 0 spiro atoms. The number of hydrogen-bond acceptors (Lipinski definition) is 7. The highest BCUT2D eigenvalue weighted by molar-refractivity contribution is 6.03. The van der Waals surface area contributed by atoms with Gasteiger partial charge in [-0.25, -0.2) is 14.8 Å². The van der Waals surface area contributed by atoms with Crippen molar-refractivity contribution in [1.82, 2.24) is 24.8 Å². The third kappa shape index (κ3) is 5.04. The molecular formula is C26H33N7O3. The first kappa shape index (κ1) is 24.2. The van der Waals surface area contributed by atoms with Gasteiger partial charge in [-0.3, -0.25) is 10.7 Å². The molecule has 3 heterocycles. The number of aromatic nitrogens is 4. The van der Waals surface area contributed by atoms with Gasteiger partial charge >= 0.3 is 6.09 Å². The van der Waals surface area contributed by atoms with Crippen LogP contribution in [0.15, 0.2) is 24.3 Å². The van der Waals surface area contributed by atoms with Crippen molar-refractivity contribution in [2.45, 2.75) is 46.1 Å². The Kier molecular flexibility index (Phi) is 6.86. The molecule has 1 aliphatic heterocycles. The summed E-state index contributed by atoms with van der Waals surface area (Å²) in [5.41, 5.74) is 3.93. The van der Waals surface area contributed by atoms with Crippen LogP contribution in [0.1, 0.15) is 44.0 Å². The summed E-state index contributed by atoms with van der Waals surface area (Å²) in [5, 5.41) is 19.5. The number of hydrogen-bond donors (Lipinski definition) is 3. The number of amidine groups is 1. The molecule has 3 N–H and O–H groups in total. The first-order valence-electron chi connectivity index (χ1n) is 12.7. The summed E-state index contributed by atoms with van der Waals surface area (Å²) in [6, 6.07) is 8.04. The van der Waals surface area contributed by atoms with Gasteiger partial charge in [-0.05, 0) is 37.7 Å². The van der Waals surface area contributed by atoms with E-state index in [1.807, 2.05) is 31.2 Å². The van der Waals surface area contributed by atoms with E-state index in [0.717, 1.165) is 48.1 Å². The first-order valence-corrected chi connectivity index (χ1v) is 12.7. The van der Waals surface area contributed by atoms with Crippen molar-refractivity contribution in [3.63, 3.8) is 0 Å². The Morgan fingerprint density at radius 1 is 1.17 bits per heavy atom. The lowest BCUT2D eigenvalue weighted by Gasteiger charge is -2.31. The van der Waals surface area contributed by atoms with Gasteiger partial charge in [-0.2, -0.15) is 4.98 Å². The number of aryl methyl sites for hydroxylation is 1. The molecule has 5 rings (SSSR count). The van der Waals surface area contributed by atoms with Crippen molar-refractivity contribution < 1.29 is 14.6 Å². The average molecular weight is 492 g/mol. The number of imidazole rings is 1. The van der Waals surface area contributed by atoms with Gasteiger partial charge in [-0.15, -0.1) is 0 Å². The molecule has 2 aromatic heterocycles. The maximum absolute atomic E-state index is 11.2. The third-order valence-electron chi connectivity index (χ3n) is 7.20. The highest BCUT2D eigenvalue weighted by Gasteiger charge is 2.28. The van der Waals surface area contributed by atoms with E-state index in [-0.39, 0.29) is 11.7 Å². The van der Waals surface area contributed by atoms with E-state index in [1.165, 1.54) is 25.7 Å². The minimum Gasteiger partial charge on any atom is -0.465 e. The Labute approximate surface area is 210 Å². The summed E-state index contributed by atoms with van der Waals surface area (Å²) in [6.07, 6.45) is 3.48. The van der Waals surface area contributed by atoms with Gasteiger partial charge < -0.3 is 19.3 Å². The summed E-state index contributed by atoms with van der Waals surface area (Å²) in [7, 11) is 0. The standard InChI is InChI=1S/C26H33N7O3/c1-16-6-8-18(9-7-16)15-33-21-20(19-5-3-4-17(2)14-19)28-24(22(27)29-26(34)35)30-23(21)31-25(33)32-10-12-36-13-11-32/h3-5,14,16,18H,6-13,15H2,1-2H3,(H2,27,29)(H,34,35). The molecule has 0 bridgehead atoms. The van der Waals surface area contributed by atoms with Crippen molar-refractivity contribution in [2.75, 3.05) is 31.2 Å². The Morgan fingerprint density at radius 2 is 1.92 bits per heavy atom. The van der Waals surface area contributed by atoms with E-state index in [9.17, 15) is 4.79 Å². The Balaban J connectivity index is 1.69. The number of nitrogens with one attached hydrogen (secondary N) is 2. The van der Waals surface area contributed by atoms with Crippen LogP contribution in [-0.2, 0) is 11.3 Å². The fourth-order valence-electron chi connectivity index (χ4n) is 5.24. The lowest BCUT2D eigenvalue weighted by molar-refractivity contribution is 0.121. The molecule has 1 aromatic carbocycles. The van der Waals surface area contributed by atoms with Crippen molar-refractivity contribution in [3.8, 4) is 11.3 Å². The molecule has 0 unspecified atom stereocenters. The van der Waals surface area contributed by atoms with Crippen molar-refractivity contribution in [2.24, 2.45) is 11.8 Å². The maximum atomic E-state index is 11.2. The number of anilines is 1. The topological polar surface area (TPSA) is 129 Å².